The number of aryl methyl sites for hydroxylation is 1. The Morgan fingerprint density at radius 3 is 2.57 bits per heavy atom. The molecule has 0 unspecified atom stereocenters. The zero-order valence-electron chi connectivity index (χ0n) is 16.4. The molecule has 1 aliphatic heterocycles. The highest BCUT2D eigenvalue weighted by Crippen LogP contribution is 2.24. The van der Waals surface area contributed by atoms with E-state index in [1.807, 2.05) is 5.32 Å². The molecule has 30 heavy (non-hydrogen) atoms. The second-order valence-corrected chi connectivity index (χ2v) is 7.14. The first-order valence-corrected chi connectivity index (χ1v) is 9.50. The van der Waals surface area contributed by atoms with Gasteiger partial charge in [0.25, 0.3) is 5.91 Å². The minimum absolute atomic E-state index is 0.0534. The van der Waals surface area contributed by atoms with Gasteiger partial charge in [-0.2, -0.15) is 13.2 Å². The molecule has 1 fully saturated rings. The summed E-state index contributed by atoms with van der Waals surface area (Å²) >= 11 is 0. The molecule has 0 saturated carbocycles. The summed E-state index contributed by atoms with van der Waals surface area (Å²) in [6.07, 6.45) is 1.68. The Labute approximate surface area is 171 Å². The van der Waals surface area contributed by atoms with Crippen LogP contribution in [0.15, 0.2) is 36.8 Å². The lowest BCUT2D eigenvalue weighted by Gasteiger charge is -2.32. The van der Waals surface area contributed by atoms with Crippen molar-refractivity contribution in [3.63, 3.8) is 0 Å². The SMILES string of the molecule is Cc1ccc(C(=O)NCC(F)(F)F)cc1NC(=O)C1CCN(c2cnccn2)CC1. The number of carbonyl (C=O) groups excluding carboxylic acids is 2. The Kier molecular flexibility index (Phi) is 6.53. The summed E-state index contributed by atoms with van der Waals surface area (Å²) in [5.41, 5.74) is 1.18. The largest absolute Gasteiger partial charge is 0.405 e. The molecule has 7 nitrogen and oxygen atoms in total. The number of amides is 2. The predicted molar refractivity (Wildman–Crippen MR) is 105 cm³/mol. The number of aromatic nitrogens is 2. The number of rotatable bonds is 5. The first-order valence-electron chi connectivity index (χ1n) is 9.50. The molecule has 1 aliphatic rings. The van der Waals surface area contributed by atoms with Crippen molar-refractivity contribution in [1.82, 2.24) is 15.3 Å². The van der Waals surface area contributed by atoms with Gasteiger partial charge in [-0.1, -0.05) is 6.07 Å². The van der Waals surface area contributed by atoms with Gasteiger partial charge >= 0.3 is 6.18 Å². The van der Waals surface area contributed by atoms with Crippen molar-refractivity contribution in [2.24, 2.45) is 5.92 Å². The van der Waals surface area contributed by atoms with E-state index in [4.69, 9.17) is 0 Å². The molecule has 2 aromatic rings. The molecule has 0 bridgehead atoms. The lowest BCUT2D eigenvalue weighted by molar-refractivity contribution is -0.123. The third kappa shape index (κ3) is 5.68. The first-order chi connectivity index (χ1) is 14.2. The third-order valence-electron chi connectivity index (χ3n) is 4.95. The number of benzene rings is 1. The number of alkyl halides is 3. The molecular weight excluding hydrogens is 399 g/mol. The number of piperidine rings is 1. The number of nitrogens with zero attached hydrogens (tertiary/aromatic N) is 3. The Morgan fingerprint density at radius 1 is 1.20 bits per heavy atom. The van der Waals surface area contributed by atoms with Crippen molar-refractivity contribution in [3.8, 4) is 0 Å². The highest BCUT2D eigenvalue weighted by Gasteiger charge is 2.28. The molecule has 1 saturated heterocycles. The molecule has 1 aromatic carbocycles. The molecule has 0 spiro atoms. The highest BCUT2D eigenvalue weighted by atomic mass is 19.4. The second-order valence-electron chi connectivity index (χ2n) is 7.14. The van der Waals surface area contributed by atoms with Gasteiger partial charge in [-0.3, -0.25) is 14.6 Å². The van der Waals surface area contributed by atoms with Gasteiger partial charge in [0.2, 0.25) is 5.91 Å². The molecule has 160 valence electrons. The van der Waals surface area contributed by atoms with E-state index in [9.17, 15) is 22.8 Å². The lowest BCUT2D eigenvalue weighted by Crippen LogP contribution is -2.38. The predicted octanol–water partition coefficient (Wildman–Crippen LogP) is 2.93. The summed E-state index contributed by atoms with van der Waals surface area (Å²) in [4.78, 5) is 35.0. The minimum atomic E-state index is -4.49. The van der Waals surface area contributed by atoms with Gasteiger partial charge in [-0.05, 0) is 37.5 Å². The van der Waals surface area contributed by atoms with Crippen LogP contribution in [0.1, 0.15) is 28.8 Å². The quantitative estimate of drug-likeness (QED) is 0.775. The van der Waals surface area contributed by atoms with Crippen LogP contribution in [0.25, 0.3) is 0 Å². The number of carbonyl (C=O) groups is 2. The number of anilines is 2. The summed E-state index contributed by atoms with van der Waals surface area (Å²) in [6, 6.07) is 4.42. The van der Waals surface area contributed by atoms with Crippen LogP contribution >= 0.6 is 0 Å². The van der Waals surface area contributed by atoms with E-state index in [0.717, 1.165) is 5.82 Å². The van der Waals surface area contributed by atoms with Crippen LogP contribution in [0.3, 0.4) is 0 Å². The van der Waals surface area contributed by atoms with Crippen molar-refractivity contribution in [1.29, 1.82) is 0 Å². The van der Waals surface area contributed by atoms with Gasteiger partial charge in [0, 0.05) is 42.7 Å². The van der Waals surface area contributed by atoms with Gasteiger partial charge in [-0.15, -0.1) is 0 Å². The highest BCUT2D eigenvalue weighted by molar-refractivity contribution is 5.98. The van der Waals surface area contributed by atoms with Crippen molar-refractivity contribution in [2.75, 3.05) is 29.9 Å². The van der Waals surface area contributed by atoms with Gasteiger partial charge in [0.05, 0.1) is 6.20 Å². The van der Waals surface area contributed by atoms with Crippen LogP contribution in [0.4, 0.5) is 24.7 Å². The van der Waals surface area contributed by atoms with Crippen molar-refractivity contribution < 1.29 is 22.8 Å². The Morgan fingerprint density at radius 2 is 1.93 bits per heavy atom. The van der Waals surface area contributed by atoms with Crippen LogP contribution in [0.5, 0.6) is 0 Å². The topological polar surface area (TPSA) is 87.2 Å². The van der Waals surface area contributed by atoms with Crippen LogP contribution in [0.2, 0.25) is 0 Å². The van der Waals surface area contributed by atoms with Crippen molar-refractivity contribution in [3.05, 3.63) is 47.9 Å². The van der Waals surface area contributed by atoms with Crippen LogP contribution in [-0.2, 0) is 4.79 Å². The summed E-state index contributed by atoms with van der Waals surface area (Å²) in [5, 5.41) is 4.64. The number of halogens is 3. The third-order valence-corrected chi connectivity index (χ3v) is 4.95. The molecule has 1 aromatic heterocycles. The first kappa shape index (κ1) is 21.5. The minimum Gasteiger partial charge on any atom is -0.355 e. The molecule has 2 heterocycles. The van der Waals surface area contributed by atoms with E-state index in [1.165, 1.54) is 12.1 Å². The Hall–Kier alpha value is -3.17. The zero-order valence-corrected chi connectivity index (χ0v) is 16.4. The van der Waals surface area contributed by atoms with Crippen LogP contribution in [0, 0.1) is 12.8 Å². The maximum atomic E-state index is 12.7. The molecule has 2 N–H and O–H groups in total. The summed E-state index contributed by atoms with van der Waals surface area (Å²) in [5.74, 6) is -0.463. The van der Waals surface area contributed by atoms with E-state index in [2.05, 4.69) is 20.2 Å². The number of hydrogen-bond acceptors (Lipinski definition) is 5. The molecule has 0 radical (unpaired) electrons. The molecular formula is C20H22F3N5O2. The van der Waals surface area contributed by atoms with Crippen molar-refractivity contribution >= 4 is 23.3 Å². The molecule has 2 amide bonds. The van der Waals surface area contributed by atoms with E-state index >= 15 is 0 Å². The number of hydrogen-bond donors (Lipinski definition) is 2. The van der Waals surface area contributed by atoms with Gasteiger partial charge < -0.3 is 15.5 Å². The monoisotopic (exact) mass is 421 g/mol. The Balaban J connectivity index is 1.59. The van der Waals surface area contributed by atoms with Gasteiger partial charge in [0.15, 0.2) is 0 Å². The van der Waals surface area contributed by atoms with E-state index < -0.39 is 18.6 Å². The fourth-order valence-electron chi connectivity index (χ4n) is 3.24. The average Bonchev–Trinajstić information content (AvgIpc) is 2.73. The summed E-state index contributed by atoms with van der Waals surface area (Å²) in [7, 11) is 0. The lowest BCUT2D eigenvalue weighted by atomic mass is 9.95. The smallest absolute Gasteiger partial charge is 0.355 e. The molecule has 3 rings (SSSR count). The normalized spacial score (nSPS) is 15.0. The standard InChI is InChI=1S/C20H22F3N5O2/c1-13-2-3-15(18(29)26-12-20(21,22)23)10-16(13)27-19(30)14-4-8-28(9-5-14)17-11-24-6-7-25-17/h2-3,6-7,10-11,14H,4-5,8-9,12H2,1H3,(H,26,29)(H,27,30). The zero-order chi connectivity index (χ0) is 21.7. The van der Waals surface area contributed by atoms with E-state index in [0.29, 0.717) is 37.2 Å². The van der Waals surface area contributed by atoms with Crippen molar-refractivity contribution in [2.45, 2.75) is 25.9 Å². The Bertz CT molecular complexity index is 897. The molecule has 10 heteroatoms. The maximum Gasteiger partial charge on any atom is 0.405 e. The van der Waals surface area contributed by atoms with E-state index in [1.54, 1.807) is 31.6 Å². The van der Waals surface area contributed by atoms with Gasteiger partial charge in [-0.25, -0.2) is 4.98 Å². The number of nitrogens with one attached hydrogen (secondary N) is 2. The second kappa shape index (κ2) is 9.10. The summed E-state index contributed by atoms with van der Waals surface area (Å²) in [6.45, 7) is 1.67. The average molecular weight is 421 g/mol. The maximum absolute atomic E-state index is 12.7. The van der Waals surface area contributed by atoms with Crippen LogP contribution < -0.4 is 15.5 Å². The van der Waals surface area contributed by atoms with Crippen LogP contribution in [-0.4, -0.2) is 47.6 Å². The molecule has 0 atom stereocenters. The summed E-state index contributed by atoms with van der Waals surface area (Å²) < 4.78 is 36.9. The fourth-order valence-corrected chi connectivity index (χ4v) is 3.24. The molecule has 0 aliphatic carbocycles. The fraction of sp³-hybridized carbons (Fsp3) is 0.400. The van der Waals surface area contributed by atoms with Gasteiger partial charge in [0.1, 0.15) is 12.4 Å². The van der Waals surface area contributed by atoms with E-state index in [-0.39, 0.29) is 17.4 Å².